The molecule has 0 bridgehead atoms. The molecule has 21 heavy (non-hydrogen) atoms. The van der Waals surface area contributed by atoms with E-state index in [0.29, 0.717) is 12.8 Å². The van der Waals surface area contributed by atoms with E-state index in [1.807, 2.05) is 0 Å². The van der Waals surface area contributed by atoms with Gasteiger partial charge in [-0.1, -0.05) is 12.1 Å². The molecule has 6 heteroatoms. The Morgan fingerprint density at radius 3 is 2.29 bits per heavy atom. The van der Waals surface area contributed by atoms with E-state index in [-0.39, 0.29) is 30.7 Å². The molecule has 1 nitrogen and oxygen atoms in total. The molecule has 2 rings (SSSR count). The van der Waals surface area contributed by atoms with Gasteiger partial charge in [-0.2, -0.15) is 13.2 Å². The zero-order valence-corrected chi connectivity index (χ0v) is 11.5. The van der Waals surface area contributed by atoms with Crippen molar-refractivity contribution in [1.82, 2.24) is 0 Å². The van der Waals surface area contributed by atoms with Crippen LogP contribution in [-0.2, 0) is 6.42 Å². The van der Waals surface area contributed by atoms with Crippen molar-refractivity contribution in [3.63, 3.8) is 0 Å². The lowest BCUT2D eigenvalue weighted by Gasteiger charge is -2.33. The van der Waals surface area contributed by atoms with Gasteiger partial charge in [-0.05, 0) is 49.7 Å². The van der Waals surface area contributed by atoms with E-state index in [1.165, 1.54) is 12.1 Å². The first kappa shape index (κ1) is 16.2. The van der Waals surface area contributed by atoms with E-state index < -0.39 is 29.8 Å². The SMILES string of the molecule is NC(Cc1cccc(F)c1F)C1CCC(C(F)(F)F)CC1. The molecule has 0 saturated heterocycles. The predicted octanol–water partition coefficient (Wildman–Crippen LogP) is 4.20. The van der Waals surface area contributed by atoms with Crippen molar-refractivity contribution in [2.45, 2.75) is 44.3 Å². The summed E-state index contributed by atoms with van der Waals surface area (Å²) in [6, 6.07) is 3.44. The summed E-state index contributed by atoms with van der Waals surface area (Å²) in [6.07, 6.45) is -3.12. The number of hydrogen-bond donors (Lipinski definition) is 1. The molecule has 1 aliphatic carbocycles. The van der Waals surface area contributed by atoms with Crippen molar-refractivity contribution in [1.29, 1.82) is 0 Å². The molecule has 0 aliphatic heterocycles. The number of rotatable bonds is 3. The van der Waals surface area contributed by atoms with Crippen LogP contribution < -0.4 is 5.73 Å². The first-order valence-electron chi connectivity index (χ1n) is 7.04. The van der Waals surface area contributed by atoms with Crippen LogP contribution in [-0.4, -0.2) is 12.2 Å². The van der Waals surface area contributed by atoms with Crippen molar-refractivity contribution >= 4 is 0 Å². The Labute approximate surface area is 120 Å². The average Bonchev–Trinajstić information content (AvgIpc) is 2.43. The van der Waals surface area contributed by atoms with Gasteiger partial charge < -0.3 is 5.73 Å². The second-order valence-electron chi connectivity index (χ2n) is 5.73. The Bertz CT molecular complexity index is 477. The molecular formula is C15H18F5N. The lowest BCUT2D eigenvalue weighted by atomic mass is 9.77. The molecule has 1 aliphatic rings. The smallest absolute Gasteiger partial charge is 0.327 e. The minimum absolute atomic E-state index is 0.0630. The van der Waals surface area contributed by atoms with Gasteiger partial charge in [-0.25, -0.2) is 8.78 Å². The van der Waals surface area contributed by atoms with Crippen LogP contribution in [0.4, 0.5) is 22.0 Å². The summed E-state index contributed by atoms with van der Waals surface area (Å²) in [4.78, 5) is 0. The maximum Gasteiger partial charge on any atom is 0.391 e. The maximum absolute atomic E-state index is 13.6. The molecule has 2 N–H and O–H groups in total. The van der Waals surface area contributed by atoms with Crippen LogP contribution in [0.15, 0.2) is 18.2 Å². The normalized spacial score (nSPS) is 24.9. The maximum atomic E-state index is 13.6. The van der Waals surface area contributed by atoms with Crippen LogP contribution in [0.1, 0.15) is 31.2 Å². The number of halogens is 5. The molecule has 1 aromatic rings. The third-order valence-corrected chi connectivity index (χ3v) is 4.33. The molecule has 0 aromatic heterocycles. The molecule has 0 amide bonds. The van der Waals surface area contributed by atoms with Gasteiger partial charge in [0.15, 0.2) is 11.6 Å². The quantitative estimate of drug-likeness (QED) is 0.832. The first-order valence-corrected chi connectivity index (χ1v) is 7.04. The Morgan fingerprint density at radius 1 is 1.10 bits per heavy atom. The largest absolute Gasteiger partial charge is 0.391 e. The van der Waals surface area contributed by atoms with Gasteiger partial charge in [0, 0.05) is 6.04 Å². The Kier molecular flexibility index (Phi) is 4.86. The molecular weight excluding hydrogens is 289 g/mol. The lowest BCUT2D eigenvalue weighted by molar-refractivity contribution is -0.184. The Balaban J connectivity index is 1.93. The van der Waals surface area contributed by atoms with Crippen molar-refractivity contribution in [3.8, 4) is 0 Å². The molecule has 1 unspecified atom stereocenters. The highest BCUT2D eigenvalue weighted by molar-refractivity contribution is 5.20. The third kappa shape index (κ3) is 3.93. The summed E-state index contributed by atoms with van der Waals surface area (Å²) in [6.45, 7) is 0. The van der Waals surface area contributed by atoms with Gasteiger partial charge in [0.05, 0.1) is 5.92 Å². The molecule has 0 radical (unpaired) electrons. The Morgan fingerprint density at radius 2 is 1.71 bits per heavy atom. The monoisotopic (exact) mass is 307 g/mol. The average molecular weight is 307 g/mol. The molecule has 1 atom stereocenters. The Hall–Kier alpha value is -1.17. The molecule has 0 spiro atoms. The highest BCUT2D eigenvalue weighted by Crippen LogP contribution is 2.40. The summed E-state index contributed by atoms with van der Waals surface area (Å²) in [5.41, 5.74) is 6.16. The molecule has 1 aromatic carbocycles. The minimum Gasteiger partial charge on any atom is -0.327 e. The molecule has 1 saturated carbocycles. The van der Waals surface area contributed by atoms with Crippen molar-refractivity contribution in [2.75, 3.05) is 0 Å². The van der Waals surface area contributed by atoms with E-state index >= 15 is 0 Å². The van der Waals surface area contributed by atoms with Gasteiger partial charge >= 0.3 is 6.18 Å². The van der Waals surface area contributed by atoms with Crippen molar-refractivity contribution < 1.29 is 22.0 Å². The van der Waals surface area contributed by atoms with E-state index in [4.69, 9.17) is 5.73 Å². The van der Waals surface area contributed by atoms with Gasteiger partial charge in [-0.15, -0.1) is 0 Å². The van der Waals surface area contributed by atoms with Crippen LogP contribution in [0.25, 0.3) is 0 Å². The van der Waals surface area contributed by atoms with Crippen LogP contribution in [0, 0.1) is 23.5 Å². The molecule has 1 fully saturated rings. The topological polar surface area (TPSA) is 26.0 Å². The third-order valence-electron chi connectivity index (χ3n) is 4.33. The highest BCUT2D eigenvalue weighted by atomic mass is 19.4. The number of hydrogen-bond acceptors (Lipinski definition) is 1. The summed E-state index contributed by atoms with van der Waals surface area (Å²) in [7, 11) is 0. The van der Waals surface area contributed by atoms with Crippen LogP contribution >= 0.6 is 0 Å². The molecule has 0 heterocycles. The minimum atomic E-state index is -4.15. The first-order chi connectivity index (χ1) is 9.79. The lowest BCUT2D eigenvalue weighted by Crippen LogP contribution is -2.37. The summed E-state index contributed by atoms with van der Waals surface area (Å²) < 4.78 is 64.5. The summed E-state index contributed by atoms with van der Waals surface area (Å²) in [5, 5.41) is 0. The van der Waals surface area contributed by atoms with Gasteiger partial charge in [-0.3, -0.25) is 0 Å². The van der Waals surface area contributed by atoms with Gasteiger partial charge in [0.2, 0.25) is 0 Å². The summed E-state index contributed by atoms with van der Waals surface area (Å²) in [5.74, 6) is -3.18. The van der Waals surface area contributed by atoms with E-state index in [0.717, 1.165) is 6.07 Å². The van der Waals surface area contributed by atoms with E-state index in [2.05, 4.69) is 0 Å². The fourth-order valence-electron chi connectivity index (χ4n) is 3.00. The summed E-state index contributed by atoms with van der Waals surface area (Å²) >= 11 is 0. The highest BCUT2D eigenvalue weighted by Gasteiger charge is 2.42. The van der Waals surface area contributed by atoms with E-state index in [9.17, 15) is 22.0 Å². The van der Waals surface area contributed by atoms with Crippen LogP contribution in [0.2, 0.25) is 0 Å². The van der Waals surface area contributed by atoms with Crippen molar-refractivity contribution in [3.05, 3.63) is 35.4 Å². The number of alkyl halides is 3. The molecule has 118 valence electrons. The number of nitrogens with two attached hydrogens (primary N) is 1. The predicted molar refractivity (Wildman–Crippen MR) is 69.5 cm³/mol. The van der Waals surface area contributed by atoms with E-state index in [1.54, 1.807) is 0 Å². The van der Waals surface area contributed by atoms with Gasteiger partial charge in [0.25, 0.3) is 0 Å². The zero-order chi connectivity index (χ0) is 15.6. The second kappa shape index (κ2) is 6.30. The van der Waals surface area contributed by atoms with Crippen molar-refractivity contribution in [2.24, 2.45) is 17.6 Å². The van der Waals surface area contributed by atoms with Gasteiger partial charge in [0.1, 0.15) is 0 Å². The fourth-order valence-corrected chi connectivity index (χ4v) is 3.00. The zero-order valence-electron chi connectivity index (χ0n) is 11.5. The van der Waals surface area contributed by atoms with Crippen LogP contribution in [0.5, 0.6) is 0 Å². The number of benzene rings is 1. The fraction of sp³-hybridized carbons (Fsp3) is 0.600. The second-order valence-corrected chi connectivity index (χ2v) is 5.73. The standard InChI is InChI=1S/C15H18F5N/c16-12-3-1-2-10(14(12)17)8-13(21)9-4-6-11(7-5-9)15(18,19)20/h1-3,9,11,13H,4-8,21H2. The van der Waals surface area contributed by atoms with Crippen LogP contribution in [0.3, 0.4) is 0 Å².